The minimum Gasteiger partial charge on any atom is -0.309 e. The first kappa shape index (κ1) is 14.5. The van der Waals surface area contributed by atoms with Crippen LogP contribution >= 0.6 is 11.3 Å². The smallest absolute Gasteiger partial charge is 0.0962 e. The fourth-order valence-corrected chi connectivity index (χ4v) is 4.54. The van der Waals surface area contributed by atoms with Crippen LogP contribution in [0.3, 0.4) is 0 Å². The van der Waals surface area contributed by atoms with E-state index in [1.165, 1.54) is 60.5 Å². The van der Waals surface area contributed by atoms with Crippen molar-refractivity contribution in [3.05, 3.63) is 15.6 Å². The Bertz CT molecular complexity index is 436. The number of nitrogens with zero attached hydrogens (tertiary/aromatic N) is 1. The van der Waals surface area contributed by atoms with Crippen LogP contribution in [-0.2, 0) is 13.0 Å². The number of nitrogens with one attached hydrogen (secondary N) is 1. The van der Waals surface area contributed by atoms with Crippen LogP contribution < -0.4 is 5.32 Å². The second kappa shape index (κ2) is 6.57. The van der Waals surface area contributed by atoms with Crippen molar-refractivity contribution in [1.82, 2.24) is 10.3 Å². The number of hydrogen-bond donors (Lipinski definition) is 1. The summed E-state index contributed by atoms with van der Waals surface area (Å²) in [6, 6.07) is 0.796. The predicted octanol–water partition coefficient (Wildman–Crippen LogP) is 4.64. The lowest BCUT2D eigenvalue weighted by atomic mass is 9.83. The Hall–Kier alpha value is -0.410. The van der Waals surface area contributed by atoms with Gasteiger partial charge in [0.15, 0.2) is 0 Å². The molecule has 1 aromatic rings. The molecule has 2 aliphatic carbocycles. The molecule has 112 valence electrons. The summed E-state index contributed by atoms with van der Waals surface area (Å²) in [5.41, 5.74) is 1.39. The van der Waals surface area contributed by atoms with Crippen molar-refractivity contribution in [2.45, 2.75) is 83.7 Å². The van der Waals surface area contributed by atoms with E-state index in [-0.39, 0.29) is 0 Å². The maximum atomic E-state index is 5.03. The second-order valence-electron chi connectivity index (χ2n) is 6.80. The molecule has 2 fully saturated rings. The van der Waals surface area contributed by atoms with Crippen LogP contribution in [0.2, 0.25) is 0 Å². The van der Waals surface area contributed by atoms with E-state index < -0.39 is 0 Å². The molecule has 1 N–H and O–H groups in total. The van der Waals surface area contributed by atoms with E-state index in [0.29, 0.717) is 0 Å². The number of rotatable bonds is 6. The second-order valence-corrected chi connectivity index (χ2v) is 7.91. The van der Waals surface area contributed by atoms with Crippen molar-refractivity contribution < 1.29 is 0 Å². The summed E-state index contributed by atoms with van der Waals surface area (Å²) in [5, 5.41) is 5.10. The van der Waals surface area contributed by atoms with Gasteiger partial charge in [-0.15, -0.1) is 11.3 Å². The molecular formula is C17H28N2S. The lowest BCUT2D eigenvalue weighted by molar-refractivity contribution is 0.343. The van der Waals surface area contributed by atoms with E-state index in [2.05, 4.69) is 19.2 Å². The first-order chi connectivity index (χ1) is 9.76. The van der Waals surface area contributed by atoms with Gasteiger partial charge in [-0.2, -0.15) is 0 Å². The van der Waals surface area contributed by atoms with Gasteiger partial charge in [-0.25, -0.2) is 4.98 Å². The zero-order chi connectivity index (χ0) is 13.9. The van der Waals surface area contributed by atoms with Gasteiger partial charge in [0.2, 0.25) is 0 Å². The fraction of sp³-hybridized carbons (Fsp3) is 0.824. The molecule has 0 aliphatic heterocycles. The molecule has 3 rings (SSSR count). The van der Waals surface area contributed by atoms with Gasteiger partial charge in [-0.05, 0) is 38.0 Å². The first-order valence-electron chi connectivity index (χ1n) is 8.48. The number of hydrogen-bond acceptors (Lipinski definition) is 3. The molecule has 2 nitrogen and oxygen atoms in total. The van der Waals surface area contributed by atoms with E-state index in [1.54, 1.807) is 0 Å². The molecule has 0 radical (unpaired) electrons. The molecule has 1 aromatic heterocycles. The van der Waals surface area contributed by atoms with Crippen LogP contribution in [0.25, 0.3) is 0 Å². The molecule has 0 bridgehead atoms. The van der Waals surface area contributed by atoms with Crippen LogP contribution in [0.4, 0.5) is 0 Å². The van der Waals surface area contributed by atoms with Crippen LogP contribution in [0.5, 0.6) is 0 Å². The molecular weight excluding hydrogens is 264 g/mol. The molecule has 2 aliphatic rings. The monoisotopic (exact) mass is 292 g/mol. The van der Waals surface area contributed by atoms with Gasteiger partial charge in [0, 0.05) is 23.4 Å². The van der Waals surface area contributed by atoms with Gasteiger partial charge in [-0.1, -0.05) is 33.1 Å². The summed E-state index contributed by atoms with van der Waals surface area (Å²) in [6.45, 7) is 5.72. The van der Waals surface area contributed by atoms with Gasteiger partial charge in [0.05, 0.1) is 10.7 Å². The molecule has 0 amide bonds. The topological polar surface area (TPSA) is 24.9 Å². The van der Waals surface area contributed by atoms with E-state index in [1.807, 2.05) is 11.3 Å². The number of aromatic nitrogens is 1. The Labute approximate surface area is 127 Å². The normalized spacial score (nSPS) is 26.9. The highest BCUT2D eigenvalue weighted by atomic mass is 32.1. The molecule has 2 atom stereocenters. The largest absolute Gasteiger partial charge is 0.309 e. The van der Waals surface area contributed by atoms with Crippen molar-refractivity contribution in [2.24, 2.45) is 5.92 Å². The maximum absolute atomic E-state index is 5.03. The summed E-state index contributed by atoms with van der Waals surface area (Å²) < 4.78 is 0. The van der Waals surface area contributed by atoms with Gasteiger partial charge in [0.25, 0.3) is 0 Å². The molecule has 2 unspecified atom stereocenters. The Morgan fingerprint density at radius 2 is 2.10 bits per heavy atom. The van der Waals surface area contributed by atoms with Gasteiger partial charge >= 0.3 is 0 Å². The van der Waals surface area contributed by atoms with Crippen molar-refractivity contribution in [1.29, 1.82) is 0 Å². The highest BCUT2D eigenvalue weighted by Gasteiger charge is 2.25. The fourth-order valence-electron chi connectivity index (χ4n) is 3.33. The lowest BCUT2D eigenvalue weighted by Crippen LogP contribution is -2.15. The summed E-state index contributed by atoms with van der Waals surface area (Å²) in [4.78, 5) is 6.56. The Morgan fingerprint density at radius 3 is 2.80 bits per heavy atom. The predicted molar refractivity (Wildman–Crippen MR) is 86.3 cm³/mol. The Kier molecular flexibility index (Phi) is 4.77. The zero-order valence-electron chi connectivity index (χ0n) is 13.0. The third-order valence-electron chi connectivity index (χ3n) is 4.70. The molecule has 20 heavy (non-hydrogen) atoms. The van der Waals surface area contributed by atoms with Crippen molar-refractivity contribution >= 4 is 11.3 Å². The van der Waals surface area contributed by atoms with Gasteiger partial charge in [-0.3, -0.25) is 0 Å². The zero-order valence-corrected chi connectivity index (χ0v) is 13.8. The summed E-state index contributed by atoms with van der Waals surface area (Å²) in [6.07, 6.45) is 10.6. The van der Waals surface area contributed by atoms with Gasteiger partial charge in [0.1, 0.15) is 0 Å². The first-order valence-corrected chi connectivity index (χ1v) is 9.29. The number of thiazole rings is 1. The van der Waals surface area contributed by atoms with E-state index in [0.717, 1.165) is 30.8 Å². The van der Waals surface area contributed by atoms with Crippen LogP contribution in [-0.4, -0.2) is 11.0 Å². The third-order valence-corrected chi connectivity index (χ3v) is 5.96. The standard InChI is InChI=1S/C17H28N2S/c1-3-5-15-16(11-18-14-8-9-14)20-17(19-15)13-7-4-6-12(2)10-13/h12-14,18H,3-11H2,1-2H3. The highest BCUT2D eigenvalue weighted by molar-refractivity contribution is 7.11. The van der Waals surface area contributed by atoms with Crippen molar-refractivity contribution in [3.63, 3.8) is 0 Å². The molecule has 0 saturated heterocycles. The lowest BCUT2D eigenvalue weighted by Gasteiger charge is -2.24. The van der Waals surface area contributed by atoms with E-state index >= 15 is 0 Å². The minimum atomic E-state index is 0.744. The molecule has 2 saturated carbocycles. The number of aryl methyl sites for hydroxylation is 1. The van der Waals surface area contributed by atoms with Gasteiger partial charge < -0.3 is 5.32 Å². The third kappa shape index (κ3) is 3.62. The molecule has 0 aromatic carbocycles. The van der Waals surface area contributed by atoms with Crippen LogP contribution in [0.1, 0.15) is 80.3 Å². The molecule has 0 spiro atoms. The molecule has 3 heteroatoms. The quantitative estimate of drug-likeness (QED) is 0.826. The Morgan fingerprint density at radius 1 is 1.25 bits per heavy atom. The Balaban J connectivity index is 1.70. The van der Waals surface area contributed by atoms with Crippen molar-refractivity contribution in [3.8, 4) is 0 Å². The van der Waals surface area contributed by atoms with E-state index in [4.69, 9.17) is 4.98 Å². The average Bonchev–Trinajstić information content (AvgIpc) is 3.18. The average molecular weight is 292 g/mol. The SMILES string of the molecule is CCCc1nc(C2CCCC(C)C2)sc1CNC1CC1. The maximum Gasteiger partial charge on any atom is 0.0962 e. The summed E-state index contributed by atoms with van der Waals surface area (Å²) in [7, 11) is 0. The minimum absolute atomic E-state index is 0.744. The van der Waals surface area contributed by atoms with Crippen LogP contribution in [0.15, 0.2) is 0 Å². The summed E-state index contributed by atoms with van der Waals surface area (Å²) in [5.74, 6) is 1.63. The molecule has 1 heterocycles. The summed E-state index contributed by atoms with van der Waals surface area (Å²) >= 11 is 2.00. The highest BCUT2D eigenvalue weighted by Crippen LogP contribution is 2.38. The van der Waals surface area contributed by atoms with E-state index in [9.17, 15) is 0 Å². The van der Waals surface area contributed by atoms with Crippen molar-refractivity contribution in [2.75, 3.05) is 0 Å². The van der Waals surface area contributed by atoms with Crippen LogP contribution in [0, 0.1) is 5.92 Å².